The summed E-state index contributed by atoms with van der Waals surface area (Å²) >= 11 is 5.71. The largest absolute Gasteiger partial charge is 0.469 e. The molecule has 1 fully saturated rings. The maximum atomic E-state index is 11.9. The number of aryl methyl sites for hydroxylation is 2. The van der Waals surface area contributed by atoms with E-state index in [1.807, 2.05) is 18.2 Å². The Bertz CT molecular complexity index is 1140. The topological polar surface area (TPSA) is 59.4 Å². The van der Waals surface area contributed by atoms with Gasteiger partial charge in [-0.2, -0.15) is 0 Å². The molecule has 0 spiro atoms. The van der Waals surface area contributed by atoms with Gasteiger partial charge in [-0.15, -0.1) is 0 Å². The van der Waals surface area contributed by atoms with Crippen LogP contribution in [-0.2, 0) is 16.0 Å². The predicted octanol–water partition coefficient (Wildman–Crippen LogP) is 4.59. The van der Waals surface area contributed by atoms with Gasteiger partial charge in [-0.05, 0) is 73.9 Å². The Kier molecular flexibility index (Phi) is 6.79. The van der Waals surface area contributed by atoms with Gasteiger partial charge >= 0.3 is 5.97 Å². The van der Waals surface area contributed by atoms with Crippen LogP contribution in [0, 0.1) is 13.8 Å². The van der Waals surface area contributed by atoms with E-state index in [2.05, 4.69) is 70.9 Å². The fourth-order valence-corrected chi connectivity index (χ4v) is 5.00. The van der Waals surface area contributed by atoms with Crippen molar-refractivity contribution in [1.82, 2.24) is 19.8 Å². The molecule has 6 nitrogen and oxygen atoms in total. The second kappa shape index (κ2) is 9.75. The van der Waals surface area contributed by atoms with E-state index in [-0.39, 0.29) is 24.5 Å². The number of nitrogens with one attached hydrogen (secondary N) is 1. The third kappa shape index (κ3) is 4.50. The molecular weight excluding hydrogens is 432 g/mol. The van der Waals surface area contributed by atoms with Crippen molar-refractivity contribution in [3.05, 3.63) is 82.9 Å². The number of methoxy groups -OCH3 is 1. The van der Waals surface area contributed by atoms with Crippen molar-refractivity contribution < 1.29 is 9.53 Å². The Hall–Kier alpha value is -3.19. The van der Waals surface area contributed by atoms with Gasteiger partial charge in [0.25, 0.3) is 0 Å². The van der Waals surface area contributed by atoms with E-state index >= 15 is 0 Å². The average molecular weight is 463 g/mol. The Labute approximate surface area is 200 Å². The number of hydrogen-bond donors (Lipinski definition) is 1. The molecule has 172 valence electrons. The first-order valence-corrected chi connectivity index (χ1v) is 11.7. The molecule has 0 bridgehead atoms. The van der Waals surface area contributed by atoms with Gasteiger partial charge in [-0.3, -0.25) is 9.78 Å². The zero-order valence-electron chi connectivity index (χ0n) is 19.5. The number of rotatable bonds is 7. The summed E-state index contributed by atoms with van der Waals surface area (Å²) in [6, 6.07) is 16.6. The average Bonchev–Trinajstić information content (AvgIpc) is 3.32. The number of thiocarbonyl (C=S) groups is 1. The minimum absolute atomic E-state index is 0.0908. The molecule has 33 heavy (non-hydrogen) atoms. The van der Waals surface area contributed by atoms with E-state index in [0.29, 0.717) is 11.7 Å². The van der Waals surface area contributed by atoms with Gasteiger partial charge in [-0.25, -0.2) is 0 Å². The molecule has 0 unspecified atom stereocenters. The molecule has 3 heterocycles. The first-order chi connectivity index (χ1) is 15.9. The molecule has 2 aromatic heterocycles. The lowest BCUT2D eigenvalue weighted by Crippen LogP contribution is -2.32. The van der Waals surface area contributed by atoms with E-state index in [1.54, 1.807) is 6.20 Å². The molecule has 1 aromatic carbocycles. The number of benzene rings is 1. The fraction of sp³-hybridized carbons (Fsp3) is 0.346. The van der Waals surface area contributed by atoms with Crippen LogP contribution in [-0.4, -0.2) is 39.2 Å². The third-order valence-corrected chi connectivity index (χ3v) is 6.73. The second-order valence-corrected chi connectivity index (χ2v) is 8.71. The Morgan fingerprint density at radius 3 is 2.58 bits per heavy atom. The summed E-state index contributed by atoms with van der Waals surface area (Å²) < 4.78 is 7.16. The molecule has 0 saturated carbocycles. The number of pyridine rings is 1. The van der Waals surface area contributed by atoms with Crippen LogP contribution in [0.2, 0.25) is 0 Å². The van der Waals surface area contributed by atoms with Crippen molar-refractivity contribution in [2.24, 2.45) is 0 Å². The summed E-state index contributed by atoms with van der Waals surface area (Å²) in [6.45, 7) is 6.90. The monoisotopic (exact) mass is 462 g/mol. The molecule has 0 radical (unpaired) electrons. The first kappa shape index (κ1) is 23.0. The van der Waals surface area contributed by atoms with E-state index in [1.165, 1.54) is 18.2 Å². The van der Waals surface area contributed by atoms with Crippen molar-refractivity contribution in [2.45, 2.75) is 45.7 Å². The number of ether oxygens (including phenoxy) is 1. The first-order valence-electron chi connectivity index (χ1n) is 11.3. The molecule has 0 aliphatic carbocycles. The highest BCUT2D eigenvalue weighted by Gasteiger charge is 2.41. The molecule has 1 saturated heterocycles. The number of carbonyl (C=O) groups is 1. The van der Waals surface area contributed by atoms with Gasteiger partial charge in [0.2, 0.25) is 0 Å². The molecule has 2 atom stereocenters. The fourth-order valence-electron chi connectivity index (χ4n) is 4.66. The lowest BCUT2D eigenvalue weighted by Gasteiger charge is -2.28. The van der Waals surface area contributed by atoms with Crippen LogP contribution in [0.1, 0.15) is 53.6 Å². The van der Waals surface area contributed by atoms with Crippen LogP contribution < -0.4 is 5.32 Å². The highest BCUT2D eigenvalue weighted by atomic mass is 32.1. The second-order valence-electron chi connectivity index (χ2n) is 8.33. The van der Waals surface area contributed by atoms with Crippen LogP contribution in [0.15, 0.2) is 54.7 Å². The predicted molar refractivity (Wildman–Crippen MR) is 133 cm³/mol. The summed E-state index contributed by atoms with van der Waals surface area (Å²) in [5.41, 5.74) is 6.84. The summed E-state index contributed by atoms with van der Waals surface area (Å²) in [5.74, 6) is -0.251. The lowest BCUT2D eigenvalue weighted by atomic mass is 9.96. The molecule has 3 aromatic rings. The Morgan fingerprint density at radius 2 is 1.94 bits per heavy atom. The molecule has 4 rings (SSSR count). The van der Waals surface area contributed by atoms with Gasteiger partial charge in [0.05, 0.1) is 31.3 Å². The Morgan fingerprint density at radius 1 is 1.18 bits per heavy atom. The minimum atomic E-state index is -0.251. The zero-order valence-corrected chi connectivity index (χ0v) is 20.4. The van der Waals surface area contributed by atoms with E-state index in [4.69, 9.17) is 17.0 Å². The van der Waals surface area contributed by atoms with E-state index in [0.717, 1.165) is 29.2 Å². The molecule has 7 heteroatoms. The van der Waals surface area contributed by atoms with Crippen molar-refractivity contribution in [1.29, 1.82) is 0 Å². The van der Waals surface area contributed by atoms with Crippen LogP contribution in [0.3, 0.4) is 0 Å². The van der Waals surface area contributed by atoms with Crippen LogP contribution in [0.4, 0.5) is 0 Å². The van der Waals surface area contributed by atoms with Gasteiger partial charge in [0.1, 0.15) is 0 Å². The van der Waals surface area contributed by atoms with Crippen molar-refractivity contribution >= 4 is 23.3 Å². The number of esters is 1. The number of aromatic nitrogens is 2. The van der Waals surface area contributed by atoms with Crippen LogP contribution in [0.25, 0.3) is 5.69 Å². The zero-order chi connectivity index (χ0) is 23.5. The summed E-state index contributed by atoms with van der Waals surface area (Å²) in [7, 11) is 1.41. The van der Waals surface area contributed by atoms with Gasteiger partial charge in [-0.1, -0.05) is 25.1 Å². The highest BCUT2D eigenvalue weighted by Crippen LogP contribution is 2.41. The lowest BCUT2D eigenvalue weighted by molar-refractivity contribution is -0.140. The molecular formula is C26H30N4O2S. The molecule has 1 aliphatic heterocycles. The number of hydrogen-bond acceptors (Lipinski definition) is 4. The van der Waals surface area contributed by atoms with Crippen molar-refractivity contribution in [3.8, 4) is 5.69 Å². The van der Waals surface area contributed by atoms with Crippen LogP contribution >= 0.6 is 12.2 Å². The van der Waals surface area contributed by atoms with Gasteiger partial charge in [0, 0.05) is 29.8 Å². The standard InChI is InChI=1S/C26H30N4O2S/c1-5-19-9-11-20(12-10-19)30-17(2)16-21(18(30)3)25-24(22-8-6-7-14-27-22)28-26(33)29(25)15-13-23(31)32-4/h6-12,14,16,24-25H,5,13,15H2,1-4H3,(H,28,33)/t24-,25+/m0/s1. The van der Waals surface area contributed by atoms with Gasteiger partial charge < -0.3 is 19.5 Å². The van der Waals surface area contributed by atoms with E-state index < -0.39 is 0 Å². The maximum absolute atomic E-state index is 11.9. The number of nitrogens with zero attached hydrogens (tertiary/aromatic N) is 3. The summed E-state index contributed by atoms with van der Waals surface area (Å²) in [6.07, 6.45) is 3.08. The maximum Gasteiger partial charge on any atom is 0.307 e. The normalized spacial score (nSPS) is 17.8. The molecule has 0 amide bonds. The quantitative estimate of drug-likeness (QED) is 0.410. The van der Waals surface area contributed by atoms with Crippen LogP contribution in [0.5, 0.6) is 0 Å². The van der Waals surface area contributed by atoms with Crippen molar-refractivity contribution in [2.75, 3.05) is 13.7 Å². The molecule has 1 aliphatic rings. The van der Waals surface area contributed by atoms with Gasteiger partial charge in [0.15, 0.2) is 5.11 Å². The molecule has 1 N–H and O–H groups in total. The third-order valence-electron chi connectivity index (χ3n) is 6.37. The summed E-state index contributed by atoms with van der Waals surface area (Å²) in [5, 5.41) is 4.08. The minimum Gasteiger partial charge on any atom is -0.469 e. The highest BCUT2D eigenvalue weighted by molar-refractivity contribution is 7.80. The Balaban J connectivity index is 1.77. The SMILES string of the molecule is CCc1ccc(-n2c(C)cc([C@@H]3[C@H](c4ccccn4)NC(=S)N3CCC(=O)OC)c2C)cc1. The van der Waals surface area contributed by atoms with Crippen molar-refractivity contribution in [3.63, 3.8) is 0 Å². The number of carbonyl (C=O) groups excluding carboxylic acids is 1. The van der Waals surface area contributed by atoms with E-state index in [9.17, 15) is 4.79 Å². The summed E-state index contributed by atoms with van der Waals surface area (Å²) in [4.78, 5) is 18.6. The smallest absolute Gasteiger partial charge is 0.307 e.